The number of nitrogens with zero attached hydrogens (tertiary/aromatic N) is 4. The van der Waals surface area contributed by atoms with E-state index in [0.29, 0.717) is 33.3 Å². The van der Waals surface area contributed by atoms with Gasteiger partial charge >= 0.3 is 0 Å². The predicted molar refractivity (Wildman–Crippen MR) is 106 cm³/mol. The molecule has 2 aromatic heterocycles. The topological polar surface area (TPSA) is 116 Å². The fraction of sp³-hybridized carbons (Fsp3) is 0.353. The smallest absolute Gasteiger partial charge is 0.230 e. The monoisotopic (exact) mass is 443 g/mol. The summed E-state index contributed by atoms with van der Waals surface area (Å²) in [5.74, 6) is -0.231. The summed E-state index contributed by atoms with van der Waals surface area (Å²) in [5.41, 5.74) is 1.34. The number of aliphatic hydroxyl groups is 3. The fourth-order valence-electron chi connectivity index (χ4n) is 3.49. The van der Waals surface area contributed by atoms with E-state index in [0.717, 1.165) is 0 Å². The van der Waals surface area contributed by atoms with Crippen molar-refractivity contribution in [3.05, 3.63) is 39.7 Å². The molecule has 1 aromatic carbocycles. The zero-order chi connectivity index (χ0) is 20.0. The molecule has 0 radical (unpaired) electrons. The molecule has 148 valence electrons. The van der Waals surface area contributed by atoms with E-state index < -0.39 is 24.2 Å². The van der Waals surface area contributed by atoms with Crippen LogP contribution in [0.3, 0.4) is 0 Å². The van der Waals surface area contributed by atoms with Crippen LogP contribution in [-0.2, 0) is 0 Å². The second-order valence-electron chi connectivity index (χ2n) is 6.67. The highest BCUT2D eigenvalue weighted by Crippen LogP contribution is 2.37. The lowest BCUT2D eigenvalue weighted by molar-refractivity contribution is -0.00370. The Bertz CT molecular complexity index is 1010. The van der Waals surface area contributed by atoms with E-state index >= 15 is 0 Å². The zero-order valence-electron chi connectivity index (χ0n) is 14.3. The minimum Gasteiger partial charge on any atom is -0.396 e. The van der Waals surface area contributed by atoms with Crippen LogP contribution in [0.25, 0.3) is 11.2 Å². The van der Waals surface area contributed by atoms with Gasteiger partial charge in [-0.3, -0.25) is 0 Å². The maximum atomic E-state index is 10.4. The van der Waals surface area contributed by atoms with E-state index in [2.05, 4.69) is 20.3 Å². The van der Waals surface area contributed by atoms with E-state index in [4.69, 9.17) is 34.8 Å². The summed E-state index contributed by atoms with van der Waals surface area (Å²) in [4.78, 5) is 12.9. The molecule has 4 N–H and O–H groups in total. The van der Waals surface area contributed by atoms with Crippen LogP contribution in [0, 0.1) is 5.92 Å². The van der Waals surface area contributed by atoms with Crippen molar-refractivity contribution in [3.8, 4) is 0 Å². The molecule has 0 unspecified atom stereocenters. The Labute approximate surface area is 174 Å². The van der Waals surface area contributed by atoms with Crippen molar-refractivity contribution in [3.63, 3.8) is 0 Å². The Morgan fingerprint density at radius 2 is 1.79 bits per heavy atom. The number of aliphatic hydroxyl groups excluding tert-OH is 3. The Morgan fingerprint density at radius 3 is 2.43 bits per heavy atom. The highest BCUT2D eigenvalue weighted by Gasteiger charge is 2.42. The van der Waals surface area contributed by atoms with Gasteiger partial charge < -0.3 is 25.2 Å². The lowest BCUT2D eigenvalue weighted by atomic mass is 10.1. The summed E-state index contributed by atoms with van der Waals surface area (Å²) in [6.07, 6.45) is -0.230. The van der Waals surface area contributed by atoms with Crippen molar-refractivity contribution in [1.29, 1.82) is 0 Å². The third-order valence-corrected chi connectivity index (χ3v) is 5.56. The predicted octanol–water partition coefficient (Wildman–Crippen LogP) is 2.81. The molecule has 0 amide bonds. The van der Waals surface area contributed by atoms with Crippen LogP contribution >= 0.6 is 34.8 Å². The Morgan fingerprint density at radius 1 is 1.07 bits per heavy atom. The minimum atomic E-state index is -1.06. The van der Waals surface area contributed by atoms with Gasteiger partial charge in [0.15, 0.2) is 10.8 Å². The summed E-state index contributed by atoms with van der Waals surface area (Å²) in [7, 11) is 0. The molecule has 2 heterocycles. The third kappa shape index (κ3) is 3.52. The summed E-state index contributed by atoms with van der Waals surface area (Å²) >= 11 is 18.3. The maximum absolute atomic E-state index is 10.4. The van der Waals surface area contributed by atoms with E-state index in [1.807, 2.05) is 0 Å². The van der Waals surface area contributed by atoms with Crippen molar-refractivity contribution in [2.24, 2.45) is 5.92 Å². The lowest BCUT2D eigenvalue weighted by Gasteiger charge is -2.18. The fourth-order valence-corrected chi connectivity index (χ4v) is 4.23. The van der Waals surface area contributed by atoms with Gasteiger partial charge in [0.2, 0.25) is 5.95 Å². The Balaban J connectivity index is 1.73. The molecule has 1 aliphatic carbocycles. The Kier molecular flexibility index (Phi) is 5.34. The van der Waals surface area contributed by atoms with Crippen LogP contribution in [0.5, 0.6) is 0 Å². The third-order valence-electron chi connectivity index (χ3n) is 4.86. The lowest BCUT2D eigenvalue weighted by Crippen LogP contribution is -2.30. The average molecular weight is 445 g/mol. The molecule has 11 heteroatoms. The van der Waals surface area contributed by atoms with Gasteiger partial charge in [-0.05, 0) is 24.6 Å². The van der Waals surface area contributed by atoms with Crippen LogP contribution in [0.1, 0.15) is 12.5 Å². The van der Waals surface area contributed by atoms with Crippen molar-refractivity contribution < 1.29 is 15.3 Å². The molecule has 4 atom stereocenters. The highest BCUT2D eigenvalue weighted by molar-refractivity contribution is 6.35. The molecule has 4 rings (SSSR count). The first kappa shape index (κ1) is 19.6. The summed E-state index contributed by atoms with van der Waals surface area (Å²) in [6.45, 7) is -0.223. The first-order valence-corrected chi connectivity index (χ1v) is 9.61. The number of nitrogens with one attached hydrogen (secondary N) is 1. The van der Waals surface area contributed by atoms with Crippen LogP contribution in [0.2, 0.25) is 15.2 Å². The van der Waals surface area contributed by atoms with Gasteiger partial charge in [0.05, 0.1) is 18.5 Å². The molecule has 3 aromatic rings. The SMILES string of the molecule is OC[C@H]1C[C@@H](n2cnc3c(Cl)nc(Nc4cc(Cl)cc(Cl)c4)nc32)[C@@H](O)[C@@H]1O. The number of rotatable bonds is 4. The molecule has 1 fully saturated rings. The number of hydrogen-bond acceptors (Lipinski definition) is 7. The average Bonchev–Trinajstić information content (AvgIpc) is 3.16. The molecule has 28 heavy (non-hydrogen) atoms. The van der Waals surface area contributed by atoms with Crippen molar-refractivity contribution in [2.75, 3.05) is 11.9 Å². The second-order valence-corrected chi connectivity index (χ2v) is 7.90. The molecule has 1 saturated carbocycles. The molecule has 1 aliphatic rings. The van der Waals surface area contributed by atoms with Gasteiger partial charge in [-0.1, -0.05) is 34.8 Å². The molecular formula is C17H16Cl3N5O3. The van der Waals surface area contributed by atoms with E-state index in [1.54, 1.807) is 22.8 Å². The summed E-state index contributed by atoms with van der Waals surface area (Å²) in [5, 5.41) is 33.9. The number of anilines is 2. The minimum absolute atomic E-state index is 0.131. The van der Waals surface area contributed by atoms with Crippen LogP contribution < -0.4 is 5.32 Å². The van der Waals surface area contributed by atoms with Gasteiger partial charge in [-0.15, -0.1) is 0 Å². The molecule has 0 bridgehead atoms. The molecule has 0 spiro atoms. The normalized spacial score (nSPS) is 24.8. The number of hydrogen-bond donors (Lipinski definition) is 4. The number of benzene rings is 1. The Hall–Kier alpha value is -1.68. The summed E-state index contributed by atoms with van der Waals surface area (Å²) < 4.78 is 1.64. The second kappa shape index (κ2) is 7.62. The van der Waals surface area contributed by atoms with Gasteiger partial charge in [0.1, 0.15) is 11.6 Å². The molecular weight excluding hydrogens is 429 g/mol. The van der Waals surface area contributed by atoms with Crippen LogP contribution in [0.4, 0.5) is 11.6 Å². The van der Waals surface area contributed by atoms with Crippen LogP contribution in [0.15, 0.2) is 24.5 Å². The first-order chi connectivity index (χ1) is 13.4. The van der Waals surface area contributed by atoms with E-state index in [-0.39, 0.29) is 17.7 Å². The van der Waals surface area contributed by atoms with Gasteiger partial charge in [-0.25, -0.2) is 4.98 Å². The van der Waals surface area contributed by atoms with Crippen molar-refractivity contribution >= 4 is 57.6 Å². The molecule has 0 aliphatic heterocycles. The van der Waals surface area contributed by atoms with Gasteiger partial charge in [-0.2, -0.15) is 9.97 Å². The first-order valence-electron chi connectivity index (χ1n) is 8.47. The standard InChI is InChI=1S/C17H16Cl3N5O3/c18-8-2-9(19)4-10(3-8)22-17-23-15(20)12-16(24-17)25(6-21-12)11-1-7(5-26)13(27)14(11)28/h2-4,6-7,11,13-14,26-28H,1,5H2,(H,22,23,24)/t7-,11-,13-,14-/m1/s1. The maximum Gasteiger partial charge on any atom is 0.230 e. The van der Waals surface area contributed by atoms with Crippen molar-refractivity contribution in [2.45, 2.75) is 24.7 Å². The van der Waals surface area contributed by atoms with Crippen LogP contribution in [-0.4, -0.2) is 53.7 Å². The van der Waals surface area contributed by atoms with E-state index in [9.17, 15) is 15.3 Å². The summed E-state index contributed by atoms with van der Waals surface area (Å²) in [6, 6.07) is 4.42. The van der Waals surface area contributed by atoms with E-state index in [1.165, 1.54) is 6.33 Å². The van der Waals surface area contributed by atoms with Gasteiger partial charge in [0.25, 0.3) is 0 Å². The number of fused-ring (bicyclic) bond motifs is 1. The van der Waals surface area contributed by atoms with Crippen molar-refractivity contribution in [1.82, 2.24) is 19.5 Å². The van der Waals surface area contributed by atoms with Gasteiger partial charge in [0, 0.05) is 28.3 Å². The zero-order valence-corrected chi connectivity index (χ0v) is 16.6. The number of halogens is 3. The number of imidazole rings is 1. The highest BCUT2D eigenvalue weighted by atomic mass is 35.5. The molecule has 8 nitrogen and oxygen atoms in total. The molecule has 0 saturated heterocycles. The number of aromatic nitrogens is 4. The largest absolute Gasteiger partial charge is 0.396 e. The quantitative estimate of drug-likeness (QED) is 0.457.